The van der Waals surface area contributed by atoms with Crippen LogP contribution in [0.2, 0.25) is 0 Å². The molecule has 16 heavy (non-hydrogen) atoms. The zero-order valence-electron chi connectivity index (χ0n) is 9.81. The number of hydrogen-bond acceptors (Lipinski definition) is 3. The second-order valence-electron chi connectivity index (χ2n) is 3.63. The van der Waals surface area contributed by atoms with Crippen molar-refractivity contribution in [2.24, 2.45) is 0 Å². The third-order valence-corrected chi connectivity index (χ3v) is 2.55. The summed E-state index contributed by atoms with van der Waals surface area (Å²) in [4.78, 5) is 8.95. The molecule has 0 saturated carbocycles. The lowest BCUT2D eigenvalue weighted by Crippen LogP contribution is -2.21. The van der Waals surface area contributed by atoms with Gasteiger partial charge >= 0.3 is 0 Å². The molecule has 1 aliphatic heterocycles. The fourth-order valence-corrected chi connectivity index (χ4v) is 1.67. The van der Waals surface area contributed by atoms with Crippen molar-refractivity contribution in [1.29, 1.82) is 0 Å². The molecule has 0 bridgehead atoms. The second-order valence-corrected chi connectivity index (χ2v) is 3.63. The van der Waals surface area contributed by atoms with Crippen molar-refractivity contribution in [2.45, 2.75) is 32.3 Å². The highest BCUT2D eigenvalue weighted by Gasteiger charge is 2.16. The molecule has 0 saturated heterocycles. The maximum atomic E-state index is 8.95. The van der Waals surface area contributed by atoms with Gasteiger partial charge < -0.3 is 9.47 Å². The van der Waals surface area contributed by atoms with Gasteiger partial charge in [-0.2, -0.15) is 0 Å². The van der Waals surface area contributed by atoms with Crippen molar-refractivity contribution >= 4 is 6.47 Å². The van der Waals surface area contributed by atoms with Gasteiger partial charge in [0.25, 0.3) is 6.47 Å². The van der Waals surface area contributed by atoms with Gasteiger partial charge in [-0.3, -0.25) is 4.79 Å². The Balaban J connectivity index is 0.000000280. The first-order valence-corrected chi connectivity index (χ1v) is 5.52. The Kier molecular flexibility index (Phi) is 5.40. The van der Waals surface area contributed by atoms with Gasteiger partial charge in [0.1, 0.15) is 5.75 Å². The molecule has 1 heterocycles. The highest BCUT2D eigenvalue weighted by Crippen LogP contribution is 2.27. The molecule has 0 aromatic heterocycles. The molecule has 1 aromatic carbocycles. The molecule has 0 amide bonds. The molecule has 0 fully saturated rings. The molecule has 1 aliphatic rings. The Morgan fingerprint density at radius 2 is 2.19 bits per heavy atom. The minimum Gasteiger partial charge on any atom is -0.490 e. The second kappa shape index (κ2) is 6.88. The SMILES string of the molecule is CCC1CCc2ccccc2O1.COC=O. The van der Waals surface area contributed by atoms with Crippen LogP contribution < -0.4 is 4.74 Å². The van der Waals surface area contributed by atoms with Crippen molar-refractivity contribution in [2.75, 3.05) is 7.11 Å². The van der Waals surface area contributed by atoms with Crippen LogP contribution in [0.3, 0.4) is 0 Å². The Bertz CT molecular complexity index is 323. The van der Waals surface area contributed by atoms with Crippen molar-refractivity contribution in [1.82, 2.24) is 0 Å². The van der Waals surface area contributed by atoms with Crippen LogP contribution in [0.1, 0.15) is 25.3 Å². The quantitative estimate of drug-likeness (QED) is 0.721. The number of ether oxygens (including phenoxy) is 2. The standard InChI is InChI=1S/C11H14O.C2H4O2/c1-2-10-8-7-9-5-3-4-6-11(9)12-10;1-4-2-3/h3-6,10H,2,7-8H2,1H3;2H,1H3. The van der Waals surface area contributed by atoms with Crippen LogP contribution in [0.25, 0.3) is 0 Å². The van der Waals surface area contributed by atoms with Crippen LogP contribution in [0.4, 0.5) is 0 Å². The molecule has 0 N–H and O–H groups in total. The van der Waals surface area contributed by atoms with Crippen LogP contribution in [0.15, 0.2) is 24.3 Å². The first-order chi connectivity index (χ1) is 7.81. The first kappa shape index (κ1) is 12.6. The van der Waals surface area contributed by atoms with E-state index in [1.807, 2.05) is 6.07 Å². The molecular formula is C13H18O3. The van der Waals surface area contributed by atoms with Gasteiger partial charge in [0.15, 0.2) is 0 Å². The Morgan fingerprint density at radius 3 is 2.81 bits per heavy atom. The van der Waals surface area contributed by atoms with Crippen molar-refractivity contribution in [3.05, 3.63) is 29.8 Å². The summed E-state index contributed by atoms with van der Waals surface area (Å²) in [5.74, 6) is 1.09. The van der Waals surface area contributed by atoms with Crippen LogP contribution in [-0.4, -0.2) is 19.7 Å². The fourth-order valence-electron chi connectivity index (χ4n) is 1.67. The number of carbonyl (C=O) groups is 1. The van der Waals surface area contributed by atoms with Crippen LogP contribution in [0.5, 0.6) is 5.75 Å². The molecule has 3 nitrogen and oxygen atoms in total. The Morgan fingerprint density at radius 1 is 1.50 bits per heavy atom. The van der Waals surface area contributed by atoms with Gasteiger partial charge in [-0.05, 0) is 30.9 Å². The van der Waals surface area contributed by atoms with Crippen LogP contribution >= 0.6 is 0 Å². The van der Waals surface area contributed by atoms with Crippen molar-refractivity contribution in [3.63, 3.8) is 0 Å². The number of fused-ring (bicyclic) bond motifs is 1. The Labute approximate surface area is 96.4 Å². The summed E-state index contributed by atoms with van der Waals surface area (Å²) in [6, 6.07) is 8.34. The lowest BCUT2D eigenvalue weighted by Gasteiger charge is -2.24. The third-order valence-electron chi connectivity index (χ3n) is 2.55. The van der Waals surface area contributed by atoms with E-state index in [0.717, 1.165) is 12.2 Å². The summed E-state index contributed by atoms with van der Waals surface area (Å²) in [6.45, 7) is 2.55. The molecule has 3 heteroatoms. The van der Waals surface area contributed by atoms with E-state index in [4.69, 9.17) is 9.53 Å². The van der Waals surface area contributed by atoms with Crippen LogP contribution in [-0.2, 0) is 16.0 Å². The summed E-state index contributed by atoms with van der Waals surface area (Å²) in [6.07, 6.45) is 3.91. The number of benzene rings is 1. The number of methoxy groups -OCH3 is 1. The van der Waals surface area contributed by atoms with E-state index >= 15 is 0 Å². The number of rotatable bonds is 2. The zero-order valence-corrected chi connectivity index (χ0v) is 9.81. The normalized spacial score (nSPS) is 17.2. The summed E-state index contributed by atoms with van der Waals surface area (Å²) < 4.78 is 9.64. The topological polar surface area (TPSA) is 35.5 Å². The molecule has 1 unspecified atom stereocenters. The molecule has 1 atom stereocenters. The summed E-state index contributed by atoms with van der Waals surface area (Å²) in [7, 11) is 1.31. The number of carbonyl (C=O) groups excluding carboxylic acids is 1. The van der Waals surface area contributed by atoms with Gasteiger partial charge in [-0.25, -0.2) is 0 Å². The van der Waals surface area contributed by atoms with Crippen LogP contribution in [0, 0.1) is 0 Å². The summed E-state index contributed by atoms with van der Waals surface area (Å²) in [5, 5.41) is 0. The van der Waals surface area contributed by atoms with Gasteiger partial charge in [0.2, 0.25) is 0 Å². The van der Waals surface area contributed by atoms with Gasteiger partial charge in [-0.1, -0.05) is 25.1 Å². The smallest absolute Gasteiger partial charge is 0.292 e. The fraction of sp³-hybridized carbons (Fsp3) is 0.462. The predicted octanol–water partition coefficient (Wildman–Crippen LogP) is 2.58. The first-order valence-electron chi connectivity index (χ1n) is 5.52. The molecule has 88 valence electrons. The minimum atomic E-state index is 0.375. The third kappa shape index (κ3) is 3.57. The molecule has 0 spiro atoms. The van der Waals surface area contributed by atoms with E-state index in [1.165, 1.54) is 25.5 Å². The summed E-state index contributed by atoms with van der Waals surface area (Å²) in [5.41, 5.74) is 1.36. The summed E-state index contributed by atoms with van der Waals surface area (Å²) >= 11 is 0. The van der Waals surface area contributed by atoms with E-state index < -0.39 is 0 Å². The lowest BCUT2D eigenvalue weighted by atomic mass is 10.0. The average molecular weight is 222 g/mol. The van der Waals surface area contributed by atoms with E-state index in [9.17, 15) is 0 Å². The number of hydrogen-bond donors (Lipinski definition) is 0. The van der Waals surface area contributed by atoms with E-state index in [1.54, 1.807) is 0 Å². The number of para-hydroxylation sites is 1. The highest BCUT2D eigenvalue weighted by atomic mass is 16.5. The van der Waals surface area contributed by atoms with E-state index in [-0.39, 0.29) is 0 Å². The van der Waals surface area contributed by atoms with E-state index in [0.29, 0.717) is 12.6 Å². The maximum Gasteiger partial charge on any atom is 0.292 e. The maximum absolute atomic E-state index is 8.95. The molecule has 2 rings (SSSR count). The van der Waals surface area contributed by atoms with Gasteiger partial charge in [0, 0.05) is 0 Å². The monoisotopic (exact) mass is 222 g/mol. The number of aryl methyl sites for hydroxylation is 1. The van der Waals surface area contributed by atoms with Crippen molar-refractivity contribution < 1.29 is 14.3 Å². The Hall–Kier alpha value is -1.51. The average Bonchev–Trinajstić information content (AvgIpc) is 2.38. The minimum absolute atomic E-state index is 0.375. The van der Waals surface area contributed by atoms with Gasteiger partial charge in [-0.15, -0.1) is 0 Å². The zero-order chi connectivity index (χ0) is 11.8. The largest absolute Gasteiger partial charge is 0.490 e. The lowest BCUT2D eigenvalue weighted by molar-refractivity contribution is -0.126. The highest BCUT2D eigenvalue weighted by molar-refractivity contribution is 5.36. The molecule has 0 radical (unpaired) electrons. The van der Waals surface area contributed by atoms with E-state index in [2.05, 4.69) is 29.9 Å². The predicted molar refractivity (Wildman–Crippen MR) is 62.5 cm³/mol. The molecular weight excluding hydrogens is 204 g/mol. The molecule has 1 aromatic rings. The van der Waals surface area contributed by atoms with Gasteiger partial charge in [0.05, 0.1) is 13.2 Å². The van der Waals surface area contributed by atoms with Crippen molar-refractivity contribution in [3.8, 4) is 5.75 Å². The molecule has 0 aliphatic carbocycles.